The molecule has 0 bridgehead atoms. The first-order valence-corrected chi connectivity index (χ1v) is 8.65. The maximum absolute atomic E-state index is 13.0. The number of piperazine rings is 1. The molecule has 2 aromatic rings. The number of amides is 2. The summed E-state index contributed by atoms with van der Waals surface area (Å²) in [5.74, 6) is -0.264. The maximum Gasteiger partial charge on any atom is 0.321 e. The van der Waals surface area contributed by atoms with Gasteiger partial charge in [0, 0.05) is 44.0 Å². The van der Waals surface area contributed by atoms with E-state index in [-0.39, 0.29) is 17.6 Å². The number of hydrogen-bond acceptors (Lipinski definition) is 3. The van der Waals surface area contributed by atoms with Gasteiger partial charge in [-0.05, 0) is 36.8 Å². The van der Waals surface area contributed by atoms with Crippen molar-refractivity contribution in [2.45, 2.75) is 13.5 Å². The molecule has 1 aliphatic heterocycles. The lowest BCUT2D eigenvalue weighted by Crippen LogP contribution is -2.49. The zero-order chi connectivity index (χ0) is 18.5. The van der Waals surface area contributed by atoms with E-state index in [4.69, 9.17) is 0 Å². The highest BCUT2D eigenvalue weighted by molar-refractivity contribution is 5.96. The van der Waals surface area contributed by atoms with E-state index >= 15 is 0 Å². The molecule has 0 atom stereocenters. The van der Waals surface area contributed by atoms with Crippen LogP contribution in [0.2, 0.25) is 0 Å². The summed E-state index contributed by atoms with van der Waals surface area (Å²) in [6.45, 7) is 5.02. The first kappa shape index (κ1) is 18.1. The van der Waals surface area contributed by atoms with Gasteiger partial charge in [0.25, 0.3) is 0 Å². The number of nitrogens with one attached hydrogen (secondary N) is 1. The monoisotopic (exact) mass is 355 g/mol. The number of anilines is 1. The lowest BCUT2D eigenvalue weighted by molar-refractivity contribution is 0.101. The number of hydrogen-bond donors (Lipinski definition) is 1. The van der Waals surface area contributed by atoms with Crippen LogP contribution in [0.15, 0.2) is 48.5 Å². The first-order chi connectivity index (χ1) is 12.5. The van der Waals surface area contributed by atoms with Gasteiger partial charge in [-0.25, -0.2) is 9.18 Å². The minimum absolute atomic E-state index is 0.0319. The number of halogens is 1. The molecule has 1 saturated heterocycles. The minimum Gasteiger partial charge on any atom is -0.322 e. The van der Waals surface area contributed by atoms with Crippen LogP contribution in [0, 0.1) is 5.82 Å². The van der Waals surface area contributed by atoms with E-state index in [1.54, 1.807) is 41.3 Å². The fourth-order valence-electron chi connectivity index (χ4n) is 2.98. The summed E-state index contributed by atoms with van der Waals surface area (Å²) >= 11 is 0. The Morgan fingerprint density at radius 3 is 2.38 bits per heavy atom. The molecule has 0 spiro atoms. The van der Waals surface area contributed by atoms with Crippen molar-refractivity contribution in [1.82, 2.24) is 9.80 Å². The quantitative estimate of drug-likeness (QED) is 0.856. The Bertz CT molecular complexity index is 784. The van der Waals surface area contributed by atoms with Crippen LogP contribution >= 0.6 is 0 Å². The third kappa shape index (κ3) is 4.67. The molecular formula is C20H22FN3O2. The molecular weight excluding hydrogens is 333 g/mol. The second kappa shape index (κ2) is 8.10. The molecule has 1 heterocycles. The van der Waals surface area contributed by atoms with Crippen molar-refractivity contribution in [2.75, 3.05) is 31.5 Å². The van der Waals surface area contributed by atoms with Gasteiger partial charge < -0.3 is 10.2 Å². The van der Waals surface area contributed by atoms with E-state index in [0.29, 0.717) is 24.3 Å². The Hall–Kier alpha value is -2.73. The molecule has 26 heavy (non-hydrogen) atoms. The molecule has 136 valence electrons. The molecule has 1 N–H and O–H groups in total. The van der Waals surface area contributed by atoms with Gasteiger partial charge in [0.2, 0.25) is 0 Å². The van der Waals surface area contributed by atoms with Crippen LogP contribution < -0.4 is 5.32 Å². The lowest BCUT2D eigenvalue weighted by atomic mass is 10.1. The summed E-state index contributed by atoms with van der Waals surface area (Å²) in [7, 11) is 0. The van der Waals surface area contributed by atoms with Crippen LogP contribution in [0.25, 0.3) is 0 Å². The predicted octanol–water partition coefficient (Wildman–Crippen LogP) is 3.38. The van der Waals surface area contributed by atoms with E-state index < -0.39 is 0 Å². The molecule has 1 fully saturated rings. The molecule has 0 radical (unpaired) electrons. The number of nitrogens with zero attached hydrogens (tertiary/aromatic N) is 2. The summed E-state index contributed by atoms with van der Waals surface area (Å²) in [5.41, 5.74) is 2.26. The molecule has 0 aromatic heterocycles. The Balaban J connectivity index is 1.51. The van der Waals surface area contributed by atoms with Crippen molar-refractivity contribution in [3.63, 3.8) is 0 Å². The third-order valence-electron chi connectivity index (χ3n) is 4.50. The van der Waals surface area contributed by atoms with Gasteiger partial charge in [0.15, 0.2) is 5.78 Å². The van der Waals surface area contributed by atoms with Crippen molar-refractivity contribution < 1.29 is 14.0 Å². The van der Waals surface area contributed by atoms with Gasteiger partial charge in [-0.15, -0.1) is 0 Å². The van der Waals surface area contributed by atoms with Crippen LogP contribution in [0.4, 0.5) is 14.9 Å². The summed E-state index contributed by atoms with van der Waals surface area (Å²) in [5, 5.41) is 2.85. The van der Waals surface area contributed by atoms with Crippen molar-refractivity contribution in [3.8, 4) is 0 Å². The Morgan fingerprint density at radius 2 is 1.73 bits per heavy atom. The number of ketones is 1. The zero-order valence-electron chi connectivity index (χ0n) is 14.7. The van der Waals surface area contributed by atoms with E-state index in [1.807, 2.05) is 0 Å². The lowest BCUT2D eigenvalue weighted by Gasteiger charge is -2.34. The average Bonchev–Trinajstić information content (AvgIpc) is 2.64. The second-order valence-corrected chi connectivity index (χ2v) is 6.46. The van der Waals surface area contributed by atoms with Crippen LogP contribution in [0.5, 0.6) is 0 Å². The van der Waals surface area contributed by atoms with E-state index in [2.05, 4.69) is 10.2 Å². The smallest absolute Gasteiger partial charge is 0.321 e. The number of urea groups is 1. The molecule has 0 aliphatic carbocycles. The van der Waals surface area contributed by atoms with Crippen molar-refractivity contribution in [3.05, 3.63) is 65.5 Å². The fourth-order valence-corrected chi connectivity index (χ4v) is 2.98. The van der Waals surface area contributed by atoms with Crippen LogP contribution in [-0.4, -0.2) is 47.8 Å². The Morgan fingerprint density at radius 1 is 1.04 bits per heavy atom. The van der Waals surface area contributed by atoms with Crippen molar-refractivity contribution in [2.24, 2.45) is 0 Å². The van der Waals surface area contributed by atoms with Crippen LogP contribution in [-0.2, 0) is 6.54 Å². The number of rotatable bonds is 4. The fraction of sp³-hybridized carbons (Fsp3) is 0.300. The normalized spacial score (nSPS) is 14.9. The van der Waals surface area contributed by atoms with Crippen molar-refractivity contribution >= 4 is 17.5 Å². The minimum atomic E-state index is -0.232. The van der Waals surface area contributed by atoms with Crippen LogP contribution in [0.3, 0.4) is 0 Å². The largest absolute Gasteiger partial charge is 0.322 e. The molecule has 0 unspecified atom stereocenters. The summed E-state index contributed by atoms with van der Waals surface area (Å²) in [6.07, 6.45) is 0. The first-order valence-electron chi connectivity index (χ1n) is 8.65. The average molecular weight is 355 g/mol. The molecule has 2 amide bonds. The number of Topliss-reactive ketones (excluding diaryl/α,β-unsaturated/α-hetero) is 1. The number of benzene rings is 2. The maximum atomic E-state index is 13.0. The molecule has 1 aliphatic rings. The number of carbonyl (C=O) groups excluding carboxylic acids is 2. The van der Waals surface area contributed by atoms with Gasteiger partial charge in [-0.2, -0.15) is 0 Å². The standard InChI is InChI=1S/C20H22FN3O2/c1-15(25)17-3-2-4-19(13-17)22-20(26)24-11-9-23(10-12-24)14-16-5-7-18(21)8-6-16/h2-8,13H,9-12,14H2,1H3,(H,22,26). The van der Waals surface area contributed by atoms with E-state index in [1.165, 1.54) is 19.1 Å². The molecule has 5 nitrogen and oxygen atoms in total. The molecule has 3 rings (SSSR count). The van der Waals surface area contributed by atoms with Gasteiger partial charge in [0.05, 0.1) is 0 Å². The van der Waals surface area contributed by atoms with Crippen LogP contribution in [0.1, 0.15) is 22.8 Å². The predicted molar refractivity (Wildman–Crippen MR) is 98.7 cm³/mol. The van der Waals surface area contributed by atoms with Gasteiger partial charge in [-0.1, -0.05) is 24.3 Å². The zero-order valence-corrected chi connectivity index (χ0v) is 14.7. The van der Waals surface area contributed by atoms with E-state index in [0.717, 1.165) is 25.2 Å². The van der Waals surface area contributed by atoms with Gasteiger partial charge in [-0.3, -0.25) is 9.69 Å². The topological polar surface area (TPSA) is 52.7 Å². The summed E-state index contributed by atoms with van der Waals surface area (Å²) in [4.78, 5) is 27.9. The molecule has 2 aromatic carbocycles. The Labute approximate surface area is 152 Å². The summed E-state index contributed by atoms with van der Waals surface area (Å²) in [6, 6.07) is 13.3. The second-order valence-electron chi connectivity index (χ2n) is 6.46. The molecule has 0 saturated carbocycles. The van der Waals surface area contributed by atoms with Gasteiger partial charge in [0.1, 0.15) is 5.82 Å². The highest BCUT2D eigenvalue weighted by Gasteiger charge is 2.21. The molecule has 6 heteroatoms. The van der Waals surface area contributed by atoms with Gasteiger partial charge >= 0.3 is 6.03 Å². The highest BCUT2D eigenvalue weighted by atomic mass is 19.1. The number of carbonyl (C=O) groups is 2. The Kier molecular flexibility index (Phi) is 5.63. The third-order valence-corrected chi connectivity index (χ3v) is 4.50. The highest BCUT2D eigenvalue weighted by Crippen LogP contribution is 2.14. The SMILES string of the molecule is CC(=O)c1cccc(NC(=O)N2CCN(Cc3ccc(F)cc3)CC2)c1. The van der Waals surface area contributed by atoms with E-state index in [9.17, 15) is 14.0 Å². The summed E-state index contributed by atoms with van der Waals surface area (Å²) < 4.78 is 13.0. The van der Waals surface area contributed by atoms with Crippen molar-refractivity contribution in [1.29, 1.82) is 0 Å².